The Kier molecular flexibility index (Phi) is 7.82. The molecule has 2 atom stereocenters. The van der Waals surface area contributed by atoms with Crippen LogP contribution in [0.15, 0.2) is 0 Å². The Morgan fingerprint density at radius 3 is 2.82 bits per heavy atom. The monoisotopic (exact) mass is 243 g/mol. The average Bonchev–Trinajstić information content (AvgIpc) is 2.78. The number of ether oxygens (including phenoxy) is 2. The highest BCUT2D eigenvalue weighted by atomic mass is 16.5. The van der Waals surface area contributed by atoms with Gasteiger partial charge >= 0.3 is 0 Å². The molecule has 17 heavy (non-hydrogen) atoms. The van der Waals surface area contributed by atoms with Crippen LogP contribution in [0.1, 0.15) is 46.5 Å². The van der Waals surface area contributed by atoms with Gasteiger partial charge in [-0.25, -0.2) is 0 Å². The Bertz CT molecular complexity index is 179. The zero-order valence-electron chi connectivity index (χ0n) is 11.7. The molecule has 0 saturated carbocycles. The molecule has 1 fully saturated rings. The molecule has 0 aromatic heterocycles. The third-order valence-electron chi connectivity index (χ3n) is 3.11. The molecular formula is C14H29NO2. The molecular weight excluding hydrogens is 214 g/mol. The summed E-state index contributed by atoms with van der Waals surface area (Å²) in [4.78, 5) is 0. The molecule has 1 N–H and O–H groups in total. The third kappa shape index (κ3) is 7.74. The maximum absolute atomic E-state index is 5.80. The molecule has 0 bridgehead atoms. The first-order chi connectivity index (χ1) is 8.18. The van der Waals surface area contributed by atoms with Crippen LogP contribution in [-0.4, -0.2) is 38.5 Å². The topological polar surface area (TPSA) is 30.5 Å². The van der Waals surface area contributed by atoms with Gasteiger partial charge < -0.3 is 14.8 Å². The quantitative estimate of drug-likeness (QED) is 0.631. The molecule has 1 aliphatic heterocycles. The lowest BCUT2D eigenvalue weighted by atomic mass is 10.2. The van der Waals surface area contributed by atoms with Crippen molar-refractivity contribution in [1.29, 1.82) is 0 Å². The predicted octanol–water partition coefficient (Wildman–Crippen LogP) is 2.60. The molecule has 0 aliphatic carbocycles. The van der Waals surface area contributed by atoms with Gasteiger partial charge in [-0.05, 0) is 51.6 Å². The highest BCUT2D eigenvalue weighted by Crippen LogP contribution is 2.13. The minimum Gasteiger partial charge on any atom is -0.376 e. The highest BCUT2D eigenvalue weighted by Gasteiger charge is 2.16. The van der Waals surface area contributed by atoms with Gasteiger partial charge in [-0.3, -0.25) is 0 Å². The van der Waals surface area contributed by atoms with E-state index in [1.165, 1.54) is 19.3 Å². The maximum Gasteiger partial charge on any atom is 0.0809 e. The molecule has 102 valence electrons. The third-order valence-corrected chi connectivity index (χ3v) is 3.11. The molecule has 0 amide bonds. The summed E-state index contributed by atoms with van der Waals surface area (Å²) in [7, 11) is 0. The van der Waals surface area contributed by atoms with E-state index in [2.05, 4.69) is 26.1 Å². The van der Waals surface area contributed by atoms with Gasteiger partial charge in [0.25, 0.3) is 0 Å². The lowest BCUT2D eigenvalue weighted by Crippen LogP contribution is -2.23. The minimum absolute atomic E-state index is 0.358. The number of hydrogen-bond acceptors (Lipinski definition) is 3. The molecule has 1 aliphatic rings. The van der Waals surface area contributed by atoms with Crippen LogP contribution in [0.2, 0.25) is 0 Å². The molecule has 0 radical (unpaired) electrons. The van der Waals surface area contributed by atoms with Crippen LogP contribution in [0.5, 0.6) is 0 Å². The minimum atomic E-state index is 0.358. The summed E-state index contributed by atoms with van der Waals surface area (Å²) >= 11 is 0. The van der Waals surface area contributed by atoms with E-state index in [-0.39, 0.29) is 0 Å². The van der Waals surface area contributed by atoms with Gasteiger partial charge in [-0.2, -0.15) is 0 Å². The van der Waals surface area contributed by atoms with Gasteiger partial charge in [-0.1, -0.05) is 13.8 Å². The number of nitrogens with one attached hydrogen (secondary N) is 1. The summed E-state index contributed by atoms with van der Waals surface area (Å²) in [6.45, 7) is 10.6. The number of rotatable bonds is 9. The van der Waals surface area contributed by atoms with E-state index in [0.29, 0.717) is 12.2 Å². The second kappa shape index (κ2) is 8.90. The fourth-order valence-electron chi connectivity index (χ4n) is 2.04. The molecule has 3 heteroatoms. The Morgan fingerprint density at radius 1 is 1.35 bits per heavy atom. The Hall–Kier alpha value is -0.120. The van der Waals surface area contributed by atoms with Crippen molar-refractivity contribution in [2.24, 2.45) is 5.92 Å². The number of hydrogen-bond donors (Lipinski definition) is 1. The van der Waals surface area contributed by atoms with Crippen molar-refractivity contribution in [2.75, 3.05) is 26.3 Å². The van der Waals surface area contributed by atoms with E-state index in [0.717, 1.165) is 38.6 Å². The van der Waals surface area contributed by atoms with Gasteiger partial charge in [0.15, 0.2) is 0 Å². The average molecular weight is 243 g/mol. The van der Waals surface area contributed by atoms with Crippen LogP contribution in [-0.2, 0) is 9.47 Å². The fraction of sp³-hybridized carbons (Fsp3) is 1.00. The van der Waals surface area contributed by atoms with E-state index in [9.17, 15) is 0 Å². The molecule has 0 aromatic carbocycles. The second-order valence-electron chi connectivity index (χ2n) is 5.52. The van der Waals surface area contributed by atoms with Crippen molar-refractivity contribution in [3.63, 3.8) is 0 Å². The fourth-order valence-corrected chi connectivity index (χ4v) is 2.04. The van der Waals surface area contributed by atoms with Crippen molar-refractivity contribution in [2.45, 2.75) is 58.7 Å². The van der Waals surface area contributed by atoms with Crippen LogP contribution >= 0.6 is 0 Å². The largest absolute Gasteiger partial charge is 0.376 e. The van der Waals surface area contributed by atoms with Crippen molar-refractivity contribution in [3.05, 3.63) is 0 Å². The lowest BCUT2D eigenvalue weighted by molar-refractivity contribution is -0.0168. The Labute approximate surface area is 106 Å². The summed E-state index contributed by atoms with van der Waals surface area (Å²) in [5.41, 5.74) is 0. The summed E-state index contributed by atoms with van der Waals surface area (Å²) in [5.74, 6) is 0.739. The van der Waals surface area contributed by atoms with Gasteiger partial charge in [0.05, 0.1) is 18.8 Å². The van der Waals surface area contributed by atoms with Gasteiger partial charge in [0.2, 0.25) is 0 Å². The molecule has 3 nitrogen and oxygen atoms in total. The predicted molar refractivity (Wildman–Crippen MR) is 71.3 cm³/mol. The van der Waals surface area contributed by atoms with E-state index < -0.39 is 0 Å². The molecule has 1 saturated heterocycles. The smallest absolute Gasteiger partial charge is 0.0809 e. The van der Waals surface area contributed by atoms with Crippen LogP contribution in [0.25, 0.3) is 0 Å². The first-order valence-electron chi connectivity index (χ1n) is 7.12. The van der Waals surface area contributed by atoms with E-state index in [1.54, 1.807) is 0 Å². The van der Waals surface area contributed by atoms with Gasteiger partial charge in [-0.15, -0.1) is 0 Å². The lowest BCUT2D eigenvalue weighted by Gasteiger charge is -2.16. The van der Waals surface area contributed by atoms with E-state index in [4.69, 9.17) is 9.47 Å². The summed E-state index contributed by atoms with van der Waals surface area (Å²) in [6, 6.07) is 0. The molecule has 1 heterocycles. The maximum atomic E-state index is 5.80. The van der Waals surface area contributed by atoms with Crippen LogP contribution in [0.3, 0.4) is 0 Å². The van der Waals surface area contributed by atoms with Crippen molar-refractivity contribution < 1.29 is 9.47 Å². The Morgan fingerprint density at radius 2 is 2.18 bits per heavy atom. The van der Waals surface area contributed by atoms with Crippen molar-refractivity contribution >= 4 is 0 Å². The molecule has 0 aromatic rings. The van der Waals surface area contributed by atoms with Crippen molar-refractivity contribution in [1.82, 2.24) is 5.32 Å². The SMILES string of the molecule is CC(C)CNCCCC(C)OCC1CCCO1. The van der Waals surface area contributed by atoms with E-state index in [1.807, 2.05) is 0 Å². The van der Waals surface area contributed by atoms with Gasteiger partial charge in [0, 0.05) is 6.61 Å². The van der Waals surface area contributed by atoms with Crippen molar-refractivity contribution in [3.8, 4) is 0 Å². The van der Waals surface area contributed by atoms with Crippen LogP contribution < -0.4 is 5.32 Å². The first kappa shape index (κ1) is 14.9. The van der Waals surface area contributed by atoms with Crippen LogP contribution in [0.4, 0.5) is 0 Å². The van der Waals surface area contributed by atoms with Crippen LogP contribution in [0, 0.1) is 5.92 Å². The highest BCUT2D eigenvalue weighted by molar-refractivity contribution is 4.64. The normalized spacial score (nSPS) is 22.2. The van der Waals surface area contributed by atoms with Gasteiger partial charge in [0.1, 0.15) is 0 Å². The summed E-state index contributed by atoms with van der Waals surface area (Å²) in [5, 5.41) is 3.46. The first-order valence-corrected chi connectivity index (χ1v) is 7.12. The van der Waals surface area contributed by atoms with E-state index >= 15 is 0 Å². The standard InChI is InChI=1S/C14H29NO2/c1-12(2)10-15-8-4-6-13(3)17-11-14-7-5-9-16-14/h12-15H,4-11H2,1-3H3. The summed E-state index contributed by atoms with van der Waals surface area (Å²) < 4.78 is 11.3. The molecule has 2 unspecified atom stereocenters. The second-order valence-corrected chi connectivity index (χ2v) is 5.52. The summed E-state index contributed by atoms with van der Waals surface area (Å²) in [6.07, 6.45) is 5.41. The zero-order valence-corrected chi connectivity index (χ0v) is 11.7. The molecule has 1 rings (SSSR count). The zero-order chi connectivity index (χ0) is 12.5. The molecule has 0 spiro atoms. The Balaban J connectivity index is 1.88.